The van der Waals surface area contributed by atoms with Crippen molar-refractivity contribution in [2.45, 2.75) is 51.6 Å². The minimum atomic E-state index is -1.07. The molecule has 3 aromatic carbocycles. The summed E-state index contributed by atoms with van der Waals surface area (Å²) in [5.74, 6) is -0.556. The highest BCUT2D eigenvalue weighted by Crippen LogP contribution is 2.28. The summed E-state index contributed by atoms with van der Waals surface area (Å²) in [7, 11) is 0. The summed E-state index contributed by atoms with van der Waals surface area (Å²) in [5, 5.41) is 13.2. The van der Waals surface area contributed by atoms with Gasteiger partial charge >= 0.3 is 5.97 Å². The predicted octanol–water partition coefficient (Wildman–Crippen LogP) is 5.95. The van der Waals surface area contributed by atoms with E-state index in [2.05, 4.69) is 16.8 Å². The summed E-state index contributed by atoms with van der Waals surface area (Å²) >= 11 is 6.52. The van der Waals surface area contributed by atoms with Gasteiger partial charge in [-0.25, -0.2) is 9.78 Å². The number of aryl methyl sites for hydroxylation is 1. The van der Waals surface area contributed by atoms with Crippen LogP contribution < -0.4 is 5.32 Å². The number of hydrogen-bond donors (Lipinski definition) is 2. The van der Waals surface area contributed by atoms with Crippen molar-refractivity contribution in [2.24, 2.45) is 0 Å². The average molecular weight is 530 g/mol. The number of unbranched alkanes of at least 4 members (excludes halogenated alkanes) is 1. The van der Waals surface area contributed by atoms with Crippen LogP contribution in [-0.2, 0) is 35.4 Å². The molecule has 1 unspecified atom stereocenters. The quantitative estimate of drug-likeness (QED) is 0.237. The van der Waals surface area contributed by atoms with Gasteiger partial charge in [0.05, 0.1) is 24.4 Å². The lowest BCUT2D eigenvalue weighted by molar-refractivity contribution is -0.141. The molecule has 6 nitrogen and oxygen atoms in total. The molecule has 4 rings (SSSR count). The highest BCUT2D eigenvalue weighted by atomic mass is 35.5. The second kappa shape index (κ2) is 13.1. The molecule has 0 aliphatic rings. The van der Waals surface area contributed by atoms with Crippen molar-refractivity contribution in [3.05, 3.63) is 113 Å². The van der Waals surface area contributed by atoms with Crippen LogP contribution in [0.5, 0.6) is 0 Å². The van der Waals surface area contributed by atoms with E-state index in [1.165, 1.54) is 0 Å². The van der Waals surface area contributed by atoms with Crippen LogP contribution >= 0.6 is 11.6 Å². The van der Waals surface area contributed by atoms with Gasteiger partial charge < -0.3 is 15.0 Å². The van der Waals surface area contributed by atoms with E-state index < -0.39 is 12.0 Å². The fourth-order valence-electron chi connectivity index (χ4n) is 4.50. The zero-order valence-corrected chi connectivity index (χ0v) is 22.2. The molecule has 0 saturated heterocycles. The number of aliphatic carboxylic acids is 1. The molecule has 0 bridgehead atoms. The number of amides is 1. The second-order valence-electron chi connectivity index (χ2n) is 9.30. The third kappa shape index (κ3) is 6.90. The number of nitrogens with zero attached hydrogens (tertiary/aromatic N) is 2. The van der Waals surface area contributed by atoms with Gasteiger partial charge in [-0.1, -0.05) is 104 Å². The number of benzene rings is 3. The van der Waals surface area contributed by atoms with E-state index in [1.807, 2.05) is 84.9 Å². The van der Waals surface area contributed by atoms with Gasteiger partial charge in [-0.05, 0) is 23.6 Å². The van der Waals surface area contributed by atoms with Crippen molar-refractivity contribution < 1.29 is 14.7 Å². The van der Waals surface area contributed by atoms with Gasteiger partial charge in [0.25, 0.3) is 0 Å². The van der Waals surface area contributed by atoms with Gasteiger partial charge in [-0.3, -0.25) is 4.79 Å². The number of halogens is 1. The first-order valence-electron chi connectivity index (χ1n) is 12.9. The Morgan fingerprint density at radius 2 is 1.63 bits per heavy atom. The molecular weight excluding hydrogens is 498 g/mol. The molecule has 196 valence electrons. The third-order valence-corrected chi connectivity index (χ3v) is 6.85. The first-order valence-corrected chi connectivity index (χ1v) is 13.3. The Bertz CT molecular complexity index is 1370. The predicted molar refractivity (Wildman–Crippen MR) is 150 cm³/mol. The Kier molecular flexibility index (Phi) is 9.33. The maximum Gasteiger partial charge on any atom is 0.326 e. The van der Waals surface area contributed by atoms with E-state index in [0.29, 0.717) is 11.6 Å². The SMILES string of the molecule is CCCCc1nc(-c2ccccc2)c(CC(=O)NC(Cc2ccccc2)C(=O)O)n1Cc1ccccc1Cl. The zero-order valence-electron chi connectivity index (χ0n) is 21.4. The number of carboxylic acids is 1. The maximum atomic E-state index is 13.4. The number of carboxylic acid groups (broad SMARTS) is 1. The van der Waals surface area contributed by atoms with Gasteiger partial charge in [0.2, 0.25) is 5.91 Å². The van der Waals surface area contributed by atoms with Crippen LogP contribution in [-0.4, -0.2) is 32.6 Å². The van der Waals surface area contributed by atoms with Gasteiger partial charge in [0.1, 0.15) is 11.9 Å². The lowest BCUT2D eigenvalue weighted by atomic mass is 10.0. The van der Waals surface area contributed by atoms with E-state index >= 15 is 0 Å². The Balaban J connectivity index is 1.70. The van der Waals surface area contributed by atoms with E-state index in [-0.39, 0.29) is 18.7 Å². The van der Waals surface area contributed by atoms with E-state index in [9.17, 15) is 14.7 Å². The van der Waals surface area contributed by atoms with Gasteiger partial charge in [0.15, 0.2) is 0 Å². The number of rotatable bonds is 12. The second-order valence-corrected chi connectivity index (χ2v) is 9.70. The standard InChI is InChI=1S/C31H32ClN3O3/c1-2-3-18-28-34-30(23-14-8-5-9-15-23)27(35(28)21-24-16-10-11-17-25(24)32)20-29(36)33-26(31(37)38)19-22-12-6-4-7-13-22/h4-17,26H,2-3,18-21H2,1H3,(H,33,36)(H,37,38). The van der Waals surface area contributed by atoms with Crippen LogP contribution in [0.1, 0.15) is 42.4 Å². The van der Waals surface area contributed by atoms with Crippen LogP contribution in [0.4, 0.5) is 0 Å². The van der Waals surface area contributed by atoms with Crippen LogP contribution in [0.3, 0.4) is 0 Å². The normalized spacial score (nSPS) is 11.7. The summed E-state index contributed by atoms with van der Waals surface area (Å²) in [5.41, 5.74) is 4.15. The molecule has 2 N–H and O–H groups in total. The molecule has 0 aliphatic carbocycles. The largest absolute Gasteiger partial charge is 0.480 e. The molecule has 0 aliphatic heterocycles. The molecule has 7 heteroatoms. The van der Waals surface area contributed by atoms with Crippen LogP contribution in [0.2, 0.25) is 5.02 Å². The Morgan fingerprint density at radius 3 is 2.29 bits per heavy atom. The summed E-state index contributed by atoms with van der Waals surface area (Å²) in [6.07, 6.45) is 2.92. The van der Waals surface area contributed by atoms with E-state index in [1.54, 1.807) is 0 Å². The summed E-state index contributed by atoms with van der Waals surface area (Å²) in [6, 6.07) is 25.7. The van der Waals surface area contributed by atoms with Crippen LogP contribution in [0.15, 0.2) is 84.9 Å². The first kappa shape index (κ1) is 27.1. The minimum Gasteiger partial charge on any atom is -0.480 e. The molecule has 38 heavy (non-hydrogen) atoms. The van der Waals surface area contributed by atoms with Crippen molar-refractivity contribution in [1.29, 1.82) is 0 Å². The molecule has 1 heterocycles. The number of hydrogen-bond acceptors (Lipinski definition) is 3. The number of nitrogens with one attached hydrogen (secondary N) is 1. The molecular formula is C31H32ClN3O3. The summed E-state index contributed by atoms with van der Waals surface area (Å²) in [6.45, 7) is 2.60. The Hall–Kier alpha value is -3.90. The molecule has 0 saturated carbocycles. The monoisotopic (exact) mass is 529 g/mol. The van der Waals surface area contributed by atoms with Crippen molar-refractivity contribution in [3.63, 3.8) is 0 Å². The van der Waals surface area contributed by atoms with E-state index in [0.717, 1.165) is 53.2 Å². The smallest absolute Gasteiger partial charge is 0.326 e. The van der Waals surface area contributed by atoms with Crippen LogP contribution in [0, 0.1) is 0 Å². The lowest BCUT2D eigenvalue weighted by Gasteiger charge is -2.17. The van der Waals surface area contributed by atoms with Gasteiger partial charge in [-0.15, -0.1) is 0 Å². The maximum absolute atomic E-state index is 13.4. The molecule has 0 radical (unpaired) electrons. The van der Waals surface area contributed by atoms with Crippen molar-refractivity contribution in [3.8, 4) is 11.3 Å². The zero-order chi connectivity index (χ0) is 26.9. The van der Waals surface area contributed by atoms with Crippen molar-refractivity contribution >= 4 is 23.5 Å². The topological polar surface area (TPSA) is 84.2 Å². The number of carbonyl (C=O) groups is 2. The van der Waals surface area contributed by atoms with E-state index in [4.69, 9.17) is 16.6 Å². The van der Waals surface area contributed by atoms with Gasteiger partial charge in [0, 0.05) is 23.4 Å². The Morgan fingerprint density at radius 1 is 0.974 bits per heavy atom. The average Bonchev–Trinajstić information content (AvgIpc) is 3.25. The van der Waals surface area contributed by atoms with Crippen molar-refractivity contribution in [1.82, 2.24) is 14.9 Å². The Labute approximate surface area is 228 Å². The summed E-state index contributed by atoms with van der Waals surface area (Å²) < 4.78 is 2.08. The van der Waals surface area contributed by atoms with Gasteiger partial charge in [-0.2, -0.15) is 0 Å². The highest BCUT2D eigenvalue weighted by molar-refractivity contribution is 6.31. The fraction of sp³-hybridized carbons (Fsp3) is 0.258. The molecule has 1 atom stereocenters. The molecule has 0 spiro atoms. The molecule has 1 aromatic heterocycles. The molecule has 4 aromatic rings. The molecule has 1 amide bonds. The number of carbonyl (C=O) groups excluding carboxylic acids is 1. The minimum absolute atomic E-state index is 0.00756. The number of aromatic nitrogens is 2. The van der Waals surface area contributed by atoms with Crippen molar-refractivity contribution in [2.75, 3.05) is 0 Å². The number of imidazole rings is 1. The highest BCUT2D eigenvalue weighted by Gasteiger charge is 2.25. The lowest BCUT2D eigenvalue weighted by Crippen LogP contribution is -2.43. The first-order chi connectivity index (χ1) is 18.5. The van der Waals surface area contributed by atoms with Crippen LogP contribution in [0.25, 0.3) is 11.3 Å². The fourth-order valence-corrected chi connectivity index (χ4v) is 4.70. The summed E-state index contributed by atoms with van der Waals surface area (Å²) in [4.78, 5) is 30.4. The molecule has 0 fully saturated rings. The third-order valence-electron chi connectivity index (χ3n) is 6.48.